The molecular weight excluding hydrogens is 493 g/mol. The van der Waals surface area contributed by atoms with Gasteiger partial charge in [0.1, 0.15) is 29.1 Å². The molecule has 34 heavy (non-hydrogen) atoms. The zero-order valence-electron chi connectivity index (χ0n) is 18.8. The highest BCUT2D eigenvalue weighted by atomic mass is 35.5. The summed E-state index contributed by atoms with van der Waals surface area (Å²) in [6.45, 7) is 4.97. The van der Waals surface area contributed by atoms with Crippen molar-refractivity contribution in [3.8, 4) is 16.9 Å². The number of nitrogens with one attached hydrogen (secondary N) is 1. The van der Waals surface area contributed by atoms with Crippen molar-refractivity contribution in [2.75, 3.05) is 13.2 Å². The Labute approximate surface area is 211 Å². The number of halogens is 2. The SMILES string of the molecule is CC(C)N(Cc1nc2scc(-c3cccc(Cl)c3)c2c(=O)[nH]1)CC(O)COc1ccc(Cl)cc1. The van der Waals surface area contributed by atoms with Gasteiger partial charge in [-0.05, 0) is 55.8 Å². The highest BCUT2D eigenvalue weighted by molar-refractivity contribution is 7.17. The van der Waals surface area contributed by atoms with E-state index in [9.17, 15) is 9.90 Å². The summed E-state index contributed by atoms with van der Waals surface area (Å²) < 4.78 is 5.67. The van der Waals surface area contributed by atoms with Gasteiger partial charge in [0.25, 0.3) is 5.56 Å². The molecule has 6 nitrogen and oxygen atoms in total. The third kappa shape index (κ3) is 5.98. The molecule has 0 bridgehead atoms. The molecule has 2 N–H and O–H groups in total. The summed E-state index contributed by atoms with van der Waals surface area (Å²) in [5, 5.41) is 14.3. The first-order valence-electron chi connectivity index (χ1n) is 10.9. The molecule has 2 aromatic heterocycles. The van der Waals surface area contributed by atoms with Gasteiger partial charge in [0, 0.05) is 33.6 Å². The molecule has 1 atom stereocenters. The fourth-order valence-corrected chi connectivity index (χ4v) is 4.92. The number of H-pyrrole nitrogens is 1. The number of aliphatic hydroxyl groups excluding tert-OH is 1. The molecule has 0 radical (unpaired) electrons. The highest BCUT2D eigenvalue weighted by Crippen LogP contribution is 2.32. The van der Waals surface area contributed by atoms with Gasteiger partial charge in [-0.25, -0.2) is 4.98 Å². The molecule has 1 unspecified atom stereocenters. The van der Waals surface area contributed by atoms with Gasteiger partial charge in [-0.15, -0.1) is 11.3 Å². The van der Waals surface area contributed by atoms with E-state index in [1.54, 1.807) is 30.3 Å². The summed E-state index contributed by atoms with van der Waals surface area (Å²) in [6.07, 6.45) is -0.718. The zero-order chi connectivity index (χ0) is 24.2. The van der Waals surface area contributed by atoms with E-state index in [0.29, 0.717) is 44.9 Å². The molecule has 2 heterocycles. The first kappa shape index (κ1) is 24.7. The zero-order valence-corrected chi connectivity index (χ0v) is 21.1. The number of nitrogens with zero attached hydrogens (tertiary/aromatic N) is 2. The minimum Gasteiger partial charge on any atom is -0.491 e. The van der Waals surface area contributed by atoms with Crippen LogP contribution in [0.25, 0.3) is 21.3 Å². The topological polar surface area (TPSA) is 78.5 Å². The monoisotopic (exact) mass is 517 g/mol. The van der Waals surface area contributed by atoms with Crippen LogP contribution in [0.2, 0.25) is 10.0 Å². The smallest absolute Gasteiger partial charge is 0.260 e. The Hall–Kier alpha value is -2.42. The Kier molecular flexibility index (Phi) is 7.91. The molecule has 0 amide bonds. The van der Waals surface area contributed by atoms with Crippen molar-refractivity contribution in [1.29, 1.82) is 0 Å². The number of rotatable bonds is 9. The summed E-state index contributed by atoms with van der Waals surface area (Å²) in [5.41, 5.74) is 1.51. The lowest BCUT2D eigenvalue weighted by molar-refractivity contribution is 0.0533. The van der Waals surface area contributed by atoms with E-state index in [1.807, 2.05) is 42.3 Å². The number of aromatic nitrogens is 2. The number of fused-ring (bicyclic) bond motifs is 1. The lowest BCUT2D eigenvalue weighted by Gasteiger charge is -2.28. The Bertz CT molecular complexity index is 1320. The molecule has 0 aliphatic rings. The molecule has 0 saturated heterocycles. The van der Waals surface area contributed by atoms with Crippen molar-refractivity contribution in [1.82, 2.24) is 14.9 Å². The minimum atomic E-state index is -0.718. The number of hydrogen-bond donors (Lipinski definition) is 2. The number of thiophene rings is 1. The summed E-state index contributed by atoms with van der Waals surface area (Å²) >= 11 is 13.5. The van der Waals surface area contributed by atoms with E-state index < -0.39 is 6.10 Å². The van der Waals surface area contributed by atoms with E-state index in [4.69, 9.17) is 32.9 Å². The average Bonchev–Trinajstić information content (AvgIpc) is 3.23. The van der Waals surface area contributed by atoms with Crippen LogP contribution in [0.4, 0.5) is 0 Å². The largest absolute Gasteiger partial charge is 0.491 e. The van der Waals surface area contributed by atoms with Crippen molar-refractivity contribution < 1.29 is 9.84 Å². The summed E-state index contributed by atoms with van der Waals surface area (Å²) in [5.74, 6) is 1.20. The fraction of sp³-hybridized carbons (Fsp3) is 0.280. The van der Waals surface area contributed by atoms with E-state index >= 15 is 0 Å². The second kappa shape index (κ2) is 10.9. The summed E-state index contributed by atoms with van der Waals surface area (Å²) in [4.78, 5) is 23.3. The van der Waals surface area contributed by atoms with E-state index in [-0.39, 0.29) is 18.2 Å². The summed E-state index contributed by atoms with van der Waals surface area (Å²) in [6, 6.07) is 14.6. The van der Waals surface area contributed by atoms with Gasteiger partial charge < -0.3 is 14.8 Å². The van der Waals surface area contributed by atoms with Gasteiger partial charge in [-0.3, -0.25) is 9.69 Å². The van der Waals surface area contributed by atoms with Crippen molar-refractivity contribution in [3.05, 3.63) is 80.1 Å². The van der Waals surface area contributed by atoms with Crippen LogP contribution in [0.15, 0.2) is 58.7 Å². The fourth-order valence-electron chi connectivity index (χ4n) is 3.63. The maximum Gasteiger partial charge on any atom is 0.260 e. The van der Waals surface area contributed by atoms with Crippen LogP contribution in [-0.4, -0.2) is 45.3 Å². The van der Waals surface area contributed by atoms with E-state index in [0.717, 1.165) is 11.1 Å². The summed E-state index contributed by atoms with van der Waals surface area (Å²) in [7, 11) is 0. The first-order chi connectivity index (χ1) is 16.3. The number of aromatic amines is 1. The molecule has 0 fully saturated rings. The molecule has 178 valence electrons. The molecule has 0 aliphatic carbocycles. The standard InChI is InChI=1S/C25H25Cl2N3O3S/c1-15(2)30(11-19(31)13-33-20-8-6-17(26)7-9-20)12-22-28-24(32)23-21(14-34-25(23)29-22)16-4-3-5-18(27)10-16/h3-10,14-15,19,31H,11-13H2,1-2H3,(H,28,29,32). The van der Waals surface area contributed by atoms with Crippen LogP contribution >= 0.6 is 34.5 Å². The Morgan fingerprint density at radius 2 is 1.91 bits per heavy atom. The molecule has 4 rings (SSSR count). The van der Waals surface area contributed by atoms with Gasteiger partial charge in [0.05, 0.1) is 11.9 Å². The normalized spacial score (nSPS) is 12.6. The molecule has 0 saturated carbocycles. The third-order valence-corrected chi connectivity index (χ3v) is 6.77. The van der Waals surface area contributed by atoms with E-state index in [1.165, 1.54) is 11.3 Å². The third-order valence-electron chi connectivity index (χ3n) is 5.41. The van der Waals surface area contributed by atoms with Crippen LogP contribution in [-0.2, 0) is 6.54 Å². The van der Waals surface area contributed by atoms with Crippen molar-refractivity contribution >= 4 is 44.8 Å². The first-order valence-corrected chi connectivity index (χ1v) is 12.5. The van der Waals surface area contributed by atoms with Crippen molar-refractivity contribution in [2.45, 2.75) is 32.5 Å². The van der Waals surface area contributed by atoms with Crippen LogP contribution in [0, 0.1) is 0 Å². The molecule has 2 aromatic carbocycles. The van der Waals surface area contributed by atoms with Crippen molar-refractivity contribution in [2.24, 2.45) is 0 Å². The Morgan fingerprint density at radius 3 is 2.62 bits per heavy atom. The highest BCUT2D eigenvalue weighted by Gasteiger charge is 2.19. The second-order valence-electron chi connectivity index (χ2n) is 8.29. The van der Waals surface area contributed by atoms with Crippen LogP contribution in [0.3, 0.4) is 0 Å². The number of aliphatic hydroxyl groups is 1. The van der Waals surface area contributed by atoms with Gasteiger partial charge in [-0.2, -0.15) is 0 Å². The average molecular weight is 518 g/mol. The second-order valence-corrected chi connectivity index (χ2v) is 10.0. The molecule has 9 heteroatoms. The number of ether oxygens (including phenoxy) is 1. The molecule has 4 aromatic rings. The lowest BCUT2D eigenvalue weighted by atomic mass is 10.1. The van der Waals surface area contributed by atoms with E-state index in [2.05, 4.69) is 4.98 Å². The van der Waals surface area contributed by atoms with Gasteiger partial charge in [0.2, 0.25) is 0 Å². The van der Waals surface area contributed by atoms with Crippen LogP contribution in [0.1, 0.15) is 19.7 Å². The van der Waals surface area contributed by atoms with Gasteiger partial charge in [-0.1, -0.05) is 35.3 Å². The minimum absolute atomic E-state index is 0.122. The Morgan fingerprint density at radius 1 is 1.15 bits per heavy atom. The quantitative estimate of drug-likeness (QED) is 0.301. The molecule has 0 spiro atoms. The predicted octanol–water partition coefficient (Wildman–Crippen LogP) is 5.61. The van der Waals surface area contributed by atoms with Crippen LogP contribution < -0.4 is 10.3 Å². The van der Waals surface area contributed by atoms with Crippen molar-refractivity contribution in [3.63, 3.8) is 0 Å². The molecule has 0 aliphatic heterocycles. The Balaban J connectivity index is 1.48. The van der Waals surface area contributed by atoms with Crippen LogP contribution in [0.5, 0.6) is 5.75 Å². The predicted molar refractivity (Wildman–Crippen MR) is 139 cm³/mol. The molecular formula is C25H25Cl2N3O3S. The number of benzene rings is 2. The maximum absolute atomic E-state index is 13.0. The van der Waals surface area contributed by atoms with Gasteiger partial charge >= 0.3 is 0 Å². The van der Waals surface area contributed by atoms with Gasteiger partial charge in [0.15, 0.2) is 0 Å². The number of hydrogen-bond acceptors (Lipinski definition) is 6. The lowest BCUT2D eigenvalue weighted by Crippen LogP contribution is -2.40. The maximum atomic E-state index is 13.0.